The first-order valence-electron chi connectivity index (χ1n) is 10.3. The van der Waals surface area contributed by atoms with Crippen LogP contribution >= 0.6 is 0 Å². The van der Waals surface area contributed by atoms with E-state index in [1.54, 1.807) is 0 Å². The fraction of sp³-hybridized carbons (Fsp3) is 0.0741. The highest BCUT2D eigenvalue weighted by Gasteiger charge is 2.20. The first kappa shape index (κ1) is 18.9. The van der Waals surface area contributed by atoms with E-state index in [1.165, 1.54) is 55.2 Å². The molecule has 0 atom stereocenters. The number of nitrogens with two attached hydrogens (primary N) is 1. The largest absolute Gasteiger partial charge is 0.465 e. The van der Waals surface area contributed by atoms with Crippen molar-refractivity contribution in [1.82, 2.24) is 4.98 Å². The van der Waals surface area contributed by atoms with Crippen molar-refractivity contribution in [2.75, 3.05) is 0 Å². The fourth-order valence-corrected chi connectivity index (χ4v) is 4.68. The highest BCUT2D eigenvalue weighted by atomic mass is 16.4. The smallest absolute Gasteiger partial charge is 0.402 e. The Kier molecular flexibility index (Phi) is 4.68. The topological polar surface area (TPSA) is 79.1 Å². The zero-order chi connectivity index (χ0) is 21.4. The summed E-state index contributed by atoms with van der Waals surface area (Å²) in [4.78, 5) is 12.4. The molecule has 152 valence electrons. The summed E-state index contributed by atoms with van der Waals surface area (Å²) in [6, 6.07) is 30.8. The van der Waals surface area contributed by atoms with Crippen molar-refractivity contribution in [3.8, 4) is 11.1 Å². The van der Waals surface area contributed by atoms with Crippen LogP contribution in [-0.4, -0.2) is 16.2 Å². The quantitative estimate of drug-likeness (QED) is 0.324. The van der Waals surface area contributed by atoms with Crippen molar-refractivity contribution >= 4 is 27.9 Å². The fourth-order valence-electron chi connectivity index (χ4n) is 4.68. The van der Waals surface area contributed by atoms with E-state index >= 15 is 0 Å². The SMILES string of the molecule is NC(=O)O.c1ccc2c(c1)Cc1c(Cc3cccc4c3[nH]c3ccccc34)cccc1-2. The van der Waals surface area contributed by atoms with E-state index in [4.69, 9.17) is 9.90 Å². The van der Waals surface area contributed by atoms with Gasteiger partial charge < -0.3 is 15.8 Å². The van der Waals surface area contributed by atoms with Gasteiger partial charge in [-0.1, -0.05) is 78.9 Å². The van der Waals surface area contributed by atoms with Crippen molar-refractivity contribution in [3.05, 3.63) is 107 Å². The van der Waals surface area contributed by atoms with Crippen LogP contribution in [0.4, 0.5) is 4.79 Å². The second kappa shape index (κ2) is 7.65. The molecule has 0 unspecified atom stereocenters. The molecule has 1 aromatic heterocycles. The Morgan fingerprint density at radius 3 is 2.32 bits per heavy atom. The highest BCUT2D eigenvalue weighted by molar-refractivity contribution is 6.08. The Hall–Kier alpha value is -4.05. The molecule has 0 spiro atoms. The van der Waals surface area contributed by atoms with Crippen LogP contribution in [0.2, 0.25) is 0 Å². The van der Waals surface area contributed by atoms with Crippen molar-refractivity contribution in [3.63, 3.8) is 0 Å². The normalized spacial score (nSPS) is 11.6. The van der Waals surface area contributed by atoms with E-state index in [9.17, 15) is 0 Å². The minimum atomic E-state index is -1.33. The zero-order valence-electron chi connectivity index (χ0n) is 16.9. The van der Waals surface area contributed by atoms with E-state index in [1.807, 2.05) is 0 Å². The van der Waals surface area contributed by atoms with Gasteiger partial charge in [0.05, 0.1) is 5.52 Å². The monoisotopic (exact) mass is 406 g/mol. The van der Waals surface area contributed by atoms with Crippen LogP contribution in [0, 0.1) is 0 Å². The molecule has 5 aromatic rings. The Balaban J connectivity index is 0.000000473. The number of primary amides is 1. The molecule has 0 saturated carbocycles. The first-order chi connectivity index (χ1) is 15.1. The summed E-state index contributed by atoms with van der Waals surface area (Å²) in [6.07, 6.45) is 0.672. The number of amides is 1. The summed E-state index contributed by atoms with van der Waals surface area (Å²) in [6.45, 7) is 0. The van der Waals surface area contributed by atoms with Crippen molar-refractivity contribution in [2.45, 2.75) is 12.8 Å². The number of H-pyrrole nitrogens is 1. The highest BCUT2D eigenvalue weighted by Crippen LogP contribution is 2.39. The van der Waals surface area contributed by atoms with Crippen LogP contribution in [0.15, 0.2) is 84.9 Å². The van der Waals surface area contributed by atoms with Crippen LogP contribution in [0.5, 0.6) is 0 Å². The van der Waals surface area contributed by atoms with Gasteiger partial charge in [0.25, 0.3) is 0 Å². The maximum atomic E-state index is 8.78. The molecule has 4 N–H and O–H groups in total. The van der Waals surface area contributed by atoms with Gasteiger partial charge in [-0.05, 0) is 52.3 Å². The molecule has 0 bridgehead atoms. The summed E-state index contributed by atoms with van der Waals surface area (Å²) in [7, 11) is 0. The average molecular weight is 406 g/mol. The molecule has 31 heavy (non-hydrogen) atoms. The van der Waals surface area contributed by atoms with Gasteiger partial charge in [-0.3, -0.25) is 0 Å². The van der Waals surface area contributed by atoms with Crippen molar-refractivity contribution in [2.24, 2.45) is 5.73 Å². The van der Waals surface area contributed by atoms with Gasteiger partial charge in [0.2, 0.25) is 0 Å². The lowest BCUT2D eigenvalue weighted by atomic mass is 9.95. The molecule has 1 heterocycles. The average Bonchev–Trinajstić information content (AvgIpc) is 3.33. The Labute approximate surface area is 180 Å². The van der Waals surface area contributed by atoms with Gasteiger partial charge in [-0.2, -0.15) is 0 Å². The number of nitrogens with one attached hydrogen (secondary N) is 1. The van der Waals surface area contributed by atoms with E-state index in [0.717, 1.165) is 12.8 Å². The molecule has 4 aromatic carbocycles. The standard InChI is InChI=1S/C26H19N.CH3NO2/c1-2-10-20-18(7-1)16-24-17(8-5-12-21(20)24)15-19-9-6-13-23-22-11-3-4-14-25(22)27-26(19)23;2-1(3)4/h1-14,27H,15-16H2;2H2,(H,3,4). The van der Waals surface area contributed by atoms with E-state index in [0.29, 0.717) is 0 Å². The van der Waals surface area contributed by atoms with Crippen LogP contribution in [-0.2, 0) is 12.8 Å². The summed E-state index contributed by atoms with van der Waals surface area (Å²) < 4.78 is 0. The van der Waals surface area contributed by atoms with Crippen LogP contribution < -0.4 is 5.73 Å². The summed E-state index contributed by atoms with van der Waals surface area (Å²) in [5.74, 6) is 0. The van der Waals surface area contributed by atoms with Gasteiger partial charge >= 0.3 is 6.09 Å². The Morgan fingerprint density at radius 2 is 1.45 bits per heavy atom. The van der Waals surface area contributed by atoms with Crippen LogP contribution in [0.3, 0.4) is 0 Å². The number of carbonyl (C=O) groups is 1. The summed E-state index contributed by atoms with van der Waals surface area (Å²) in [5.41, 5.74) is 15.1. The third kappa shape index (κ3) is 3.42. The molecule has 0 fully saturated rings. The molecular weight excluding hydrogens is 384 g/mol. The molecular formula is C27H22N2O2. The number of rotatable bonds is 2. The minimum absolute atomic E-state index is 0.960. The van der Waals surface area contributed by atoms with E-state index < -0.39 is 6.09 Å². The molecule has 0 aliphatic heterocycles. The predicted octanol–water partition coefficient (Wildman–Crippen LogP) is 6.11. The van der Waals surface area contributed by atoms with Gasteiger partial charge in [0.1, 0.15) is 0 Å². The molecule has 1 amide bonds. The first-order valence-corrected chi connectivity index (χ1v) is 10.3. The van der Waals surface area contributed by atoms with Gasteiger partial charge in [0.15, 0.2) is 0 Å². The van der Waals surface area contributed by atoms with Gasteiger partial charge in [0, 0.05) is 16.3 Å². The molecule has 6 rings (SSSR count). The number of hydrogen-bond donors (Lipinski definition) is 3. The van der Waals surface area contributed by atoms with Crippen LogP contribution in [0.1, 0.15) is 22.3 Å². The van der Waals surface area contributed by atoms with Crippen molar-refractivity contribution in [1.29, 1.82) is 0 Å². The van der Waals surface area contributed by atoms with E-state index in [-0.39, 0.29) is 0 Å². The molecule has 0 radical (unpaired) electrons. The molecule has 4 heteroatoms. The number of hydrogen-bond acceptors (Lipinski definition) is 1. The number of fused-ring (bicyclic) bond motifs is 6. The number of benzene rings is 4. The second-order valence-electron chi connectivity index (χ2n) is 7.80. The molecule has 4 nitrogen and oxygen atoms in total. The molecule has 0 saturated heterocycles. The predicted molar refractivity (Wildman–Crippen MR) is 126 cm³/mol. The summed E-state index contributed by atoms with van der Waals surface area (Å²) >= 11 is 0. The molecule has 1 aliphatic rings. The summed E-state index contributed by atoms with van der Waals surface area (Å²) in [5, 5.41) is 9.82. The number of carboxylic acid groups (broad SMARTS) is 1. The molecule has 1 aliphatic carbocycles. The zero-order valence-corrected chi connectivity index (χ0v) is 16.9. The van der Waals surface area contributed by atoms with Crippen molar-refractivity contribution < 1.29 is 9.90 Å². The minimum Gasteiger partial charge on any atom is -0.465 e. The lowest BCUT2D eigenvalue weighted by Gasteiger charge is -2.10. The van der Waals surface area contributed by atoms with Gasteiger partial charge in [-0.25, -0.2) is 4.79 Å². The third-order valence-corrected chi connectivity index (χ3v) is 5.96. The Morgan fingerprint density at radius 1 is 0.806 bits per heavy atom. The lowest BCUT2D eigenvalue weighted by Crippen LogP contribution is -2.03. The number of aromatic nitrogens is 1. The van der Waals surface area contributed by atoms with E-state index in [2.05, 4.69) is 95.6 Å². The number of para-hydroxylation sites is 2. The second-order valence-corrected chi connectivity index (χ2v) is 7.80. The maximum absolute atomic E-state index is 8.78. The maximum Gasteiger partial charge on any atom is 0.402 e. The van der Waals surface area contributed by atoms with Crippen LogP contribution in [0.25, 0.3) is 32.9 Å². The van der Waals surface area contributed by atoms with Gasteiger partial charge in [-0.15, -0.1) is 0 Å². The number of aromatic amines is 1. The third-order valence-electron chi connectivity index (χ3n) is 5.96. The Bertz CT molecular complexity index is 1430. The lowest BCUT2D eigenvalue weighted by molar-refractivity contribution is 0.205.